The summed E-state index contributed by atoms with van der Waals surface area (Å²) in [5, 5.41) is 19.8. The zero-order chi connectivity index (χ0) is 12.1. The van der Waals surface area contributed by atoms with Gasteiger partial charge in [0.25, 0.3) is 0 Å². The maximum absolute atomic E-state index is 10.8. The van der Waals surface area contributed by atoms with Crippen LogP contribution in [0.2, 0.25) is 0 Å². The summed E-state index contributed by atoms with van der Waals surface area (Å²) in [6, 6.07) is 1.27. The van der Waals surface area contributed by atoms with Gasteiger partial charge in [-0.25, -0.2) is 9.78 Å². The van der Waals surface area contributed by atoms with Gasteiger partial charge in [-0.2, -0.15) is 0 Å². The van der Waals surface area contributed by atoms with E-state index in [1.165, 1.54) is 19.4 Å². The summed E-state index contributed by atoms with van der Waals surface area (Å²) in [5.74, 6) is -2.15. The van der Waals surface area contributed by atoms with Gasteiger partial charge in [-0.15, -0.1) is 0 Å². The lowest BCUT2D eigenvalue weighted by Gasteiger charge is -2.10. The van der Waals surface area contributed by atoms with Crippen molar-refractivity contribution in [1.29, 1.82) is 0 Å². The van der Waals surface area contributed by atoms with Gasteiger partial charge in [0.05, 0.1) is 7.11 Å². The van der Waals surface area contributed by atoms with Gasteiger partial charge in [-0.05, 0) is 6.07 Å². The van der Waals surface area contributed by atoms with E-state index in [-0.39, 0.29) is 23.7 Å². The number of carboxylic acids is 2. The number of methoxy groups -OCH3 is 1. The van der Waals surface area contributed by atoms with Crippen LogP contribution in [0.15, 0.2) is 12.3 Å². The van der Waals surface area contributed by atoms with Crippen molar-refractivity contribution >= 4 is 17.8 Å². The van der Waals surface area contributed by atoms with E-state index in [4.69, 9.17) is 14.9 Å². The first kappa shape index (κ1) is 11.8. The average Bonchev–Trinajstić information content (AvgIpc) is 2.25. The summed E-state index contributed by atoms with van der Waals surface area (Å²) >= 11 is 0. The van der Waals surface area contributed by atoms with Crippen LogP contribution in [0.1, 0.15) is 10.4 Å². The average molecular weight is 226 g/mol. The van der Waals surface area contributed by atoms with Gasteiger partial charge >= 0.3 is 11.9 Å². The molecule has 7 nitrogen and oxygen atoms in total. The Balaban J connectivity index is 3.04. The summed E-state index contributed by atoms with van der Waals surface area (Å²) in [4.78, 5) is 25.0. The van der Waals surface area contributed by atoms with E-state index >= 15 is 0 Å². The summed E-state index contributed by atoms with van der Waals surface area (Å²) < 4.78 is 4.87. The molecular weight excluding hydrogens is 216 g/mol. The summed E-state index contributed by atoms with van der Waals surface area (Å²) in [7, 11) is 1.29. The van der Waals surface area contributed by atoms with Crippen molar-refractivity contribution in [3.63, 3.8) is 0 Å². The van der Waals surface area contributed by atoms with Crippen molar-refractivity contribution in [3.05, 3.63) is 17.8 Å². The molecule has 0 bridgehead atoms. The third-order valence-electron chi connectivity index (χ3n) is 1.75. The molecular formula is C9H10N2O5. The van der Waals surface area contributed by atoms with Gasteiger partial charge in [0.2, 0.25) is 0 Å². The Morgan fingerprint density at radius 3 is 2.69 bits per heavy atom. The number of nitrogens with zero attached hydrogens (tertiary/aromatic N) is 1. The minimum Gasteiger partial charge on any atom is -0.492 e. The first-order valence-electron chi connectivity index (χ1n) is 4.28. The van der Waals surface area contributed by atoms with E-state index in [1.807, 2.05) is 0 Å². The van der Waals surface area contributed by atoms with E-state index < -0.39 is 11.9 Å². The second-order valence-electron chi connectivity index (χ2n) is 2.79. The molecule has 0 radical (unpaired) electrons. The van der Waals surface area contributed by atoms with Crippen molar-refractivity contribution < 1.29 is 24.5 Å². The first-order chi connectivity index (χ1) is 7.56. The smallest absolute Gasteiger partial charge is 0.339 e. The number of anilines is 1. The van der Waals surface area contributed by atoms with E-state index in [0.717, 1.165) is 0 Å². The van der Waals surface area contributed by atoms with Gasteiger partial charge in [-0.1, -0.05) is 0 Å². The number of carboxylic acid groups (broad SMARTS) is 2. The number of ether oxygens (including phenoxy) is 1. The fourth-order valence-corrected chi connectivity index (χ4v) is 1.11. The van der Waals surface area contributed by atoms with E-state index in [2.05, 4.69) is 10.3 Å². The highest BCUT2D eigenvalue weighted by Crippen LogP contribution is 2.25. The SMILES string of the molecule is COc1c(C(=O)O)ccnc1NCC(=O)O. The zero-order valence-corrected chi connectivity index (χ0v) is 8.43. The van der Waals surface area contributed by atoms with Crippen LogP contribution in [-0.4, -0.2) is 40.8 Å². The minimum atomic E-state index is -1.17. The maximum Gasteiger partial charge on any atom is 0.339 e. The Morgan fingerprint density at radius 2 is 2.19 bits per heavy atom. The largest absolute Gasteiger partial charge is 0.492 e. The molecule has 0 aromatic carbocycles. The van der Waals surface area contributed by atoms with Crippen molar-refractivity contribution in [2.45, 2.75) is 0 Å². The molecule has 0 saturated heterocycles. The lowest BCUT2D eigenvalue weighted by molar-refractivity contribution is -0.134. The number of nitrogens with one attached hydrogen (secondary N) is 1. The number of hydrogen-bond donors (Lipinski definition) is 3. The molecule has 3 N–H and O–H groups in total. The van der Waals surface area contributed by atoms with Crippen LogP contribution in [-0.2, 0) is 4.79 Å². The number of pyridine rings is 1. The van der Waals surface area contributed by atoms with Gasteiger partial charge < -0.3 is 20.3 Å². The molecule has 0 unspecified atom stereocenters. The Hall–Kier alpha value is -2.31. The molecule has 0 saturated carbocycles. The topological polar surface area (TPSA) is 109 Å². The monoisotopic (exact) mass is 226 g/mol. The molecule has 0 atom stereocenters. The normalized spacial score (nSPS) is 9.56. The van der Waals surface area contributed by atoms with Crippen molar-refractivity contribution in [2.75, 3.05) is 19.0 Å². The number of carbonyl (C=O) groups is 2. The predicted molar refractivity (Wildman–Crippen MR) is 53.9 cm³/mol. The summed E-state index contributed by atoms with van der Waals surface area (Å²) in [5.41, 5.74) is -0.0783. The van der Waals surface area contributed by atoms with Gasteiger partial charge in [0.1, 0.15) is 12.1 Å². The number of rotatable bonds is 5. The molecule has 7 heteroatoms. The van der Waals surface area contributed by atoms with Gasteiger partial charge in [0, 0.05) is 6.20 Å². The quantitative estimate of drug-likeness (QED) is 0.661. The fraction of sp³-hybridized carbons (Fsp3) is 0.222. The van der Waals surface area contributed by atoms with Gasteiger partial charge in [0.15, 0.2) is 11.6 Å². The molecule has 1 heterocycles. The molecule has 1 aromatic rings. The molecule has 16 heavy (non-hydrogen) atoms. The number of hydrogen-bond acceptors (Lipinski definition) is 5. The molecule has 0 spiro atoms. The second-order valence-corrected chi connectivity index (χ2v) is 2.79. The number of aromatic nitrogens is 1. The van der Waals surface area contributed by atoms with Gasteiger partial charge in [-0.3, -0.25) is 4.79 Å². The highest BCUT2D eigenvalue weighted by molar-refractivity contribution is 5.92. The second kappa shape index (κ2) is 4.96. The fourth-order valence-electron chi connectivity index (χ4n) is 1.11. The third kappa shape index (κ3) is 2.59. The van der Waals surface area contributed by atoms with Crippen LogP contribution in [0.25, 0.3) is 0 Å². The minimum absolute atomic E-state index is 0.0104. The first-order valence-corrected chi connectivity index (χ1v) is 4.28. The van der Waals surface area contributed by atoms with E-state index in [0.29, 0.717) is 0 Å². The molecule has 0 amide bonds. The van der Waals surface area contributed by atoms with Crippen LogP contribution in [0.5, 0.6) is 5.75 Å². The highest BCUT2D eigenvalue weighted by Gasteiger charge is 2.16. The molecule has 1 rings (SSSR count). The lowest BCUT2D eigenvalue weighted by atomic mass is 10.2. The molecule has 0 fully saturated rings. The molecule has 0 aliphatic rings. The Kier molecular flexibility index (Phi) is 3.65. The predicted octanol–water partition coefficient (Wildman–Crippen LogP) is 0.285. The van der Waals surface area contributed by atoms with Crippen LogP contribution >= 0.6 is 0 Å². The lowest BCUT2D eigenvalue weighted by Crippen LogP contribution is -2.15. The maximum atomic E-state index is 10.8. The molecule has 86 valence electrons. The van der Waals surface area contributed by atoms with E-state index in [1.54, 1.807) is 0 Å². The van der Waals surface area contributed by atoms with Crippen LogP contribution in [0, 0.1) is 0 Å². The highest BCUT2D eigenvalue weighted by atomic mass is 16.5. The van der Waals surface area contributed by atoms with Crippen molar-refractivity contribution in [1.82, 2.24) is 4.98 Å². The Morgan fingerprint density at radius 1 is 1.50 bits per heavy atom. The summed E-state index contributed by atoms with van der Waals surface area (Å²) in [6.45, 7) is -0.369. The van der Waals surface area contributed by atoms with Crippen molar-refractivity contribution in [3.8, 4) is 5.75 Å². The Labute approximate surface area is 90.7 Å². The molecule has 0 aliphatic carbocycles. The van der Waals surface area contributed by atoms with Crippen LogP contribution in [0.4, 0.5) is 5.82 Å². The molecule has 0 aliphatic heterocycles. The molecule has 1 aromatic heterocycles. The standard InChI is InChI=1S/C9H10N2O5/c1-16-7-5(9(14)15)2-3-10-8(7)11-4-6(12)13/h2-3H,4H2,1H3,(H,10,11)(H,12,13)(H,14,15). The van der Waals surface area contributed by atoms with Crippen LogP contribution in [0.3, 0.4) is 0 Å². The van der Waals surface area contributed by atoms with Crippen molar-refractivity contribution in [2.24, 2.45) is 0 Å². The number of aromatic carboxylic acids is 1. The Bertz CT molecular complexity index is 418. The van der Waals surface area contributed by atoms with Crippen LogP contribution < -0.4 is 10.1 Å². The van der Waals surface area contributed by atoms with E-state index in [9.17, 15) is 9.59 Å². The third-order valence-corrected chi connectivity index (χ3v) is 1.75. The number of aliphatic carboxylic acids is 1. The zero-order valence-electron chi connectivity index (χ0n) is 8.43. The summed E-state index contributed by atoms with van der Waals surface area (Å²) in [6.07, 6.45) is 1.26.